The maximum atomic E-state index is 12.9. The van der Waals surface area contributed by atoms with Crippen LogP contribution in [0.15, 0.2) is 71.3 Å². The number of hydrogen-bond donors (Lipinski definition) is 2. The Bertz CT molecular complexity index is 902. The summed E-state index contributed by atoms with van der Waals surface area (Å²) in [6.45, 7) is 3.92. The normalized spacial score (nSPS) is 11.6. The number of Topliss-reactive ketones (excluding diaryl/α,β-unsaturated/α-hetero) is 1. The van der Waals surface area contributed by atoms with Crippen LogP contribution in [-0.2, 0) is 0 Å². The molecular formula is C21H20N2O3. The number of rotatable bonds is 6. The summed E-state index contributed by atoms with van der Waals surface area (Å²) in [6, 6.07) is 17.9. The molecule has 0 aliphatic carbocycles. The highest BCUT2D eigenvalue weighted by Crippen LogP contribution is 2.18. The fourth-order valence-electron chi connectivity index (χ4n) is 2.59. The maximum absolute atomic E-state index is 12.9. The third-order valence-corrected chi connectivity index (χ3v) is 4.03. The SMILES string of the molecule is Cc1ccc(C)c(N[C@@H](NC(=O)c2ccco2)C(=O)c2ccccc2)c1. The van der Waals surface area contributed by atoms with E-state index in [4.69, 9.17) is 4.42 Å². The average molecular weight is 348 g/mol. The Labute approximate surface area is 152 Å². The van der Waals surface area contributed by atoms with E-state index in [2.05, 4.69) is 10.6 Å². The summed E-state index contributed by atoms with van der Waals surface area (Å²) in [5, 5.41) is 5.88. The molecule has 5 nitrogen and oxygen atoms in total. The van der Waals surface area contributed by atoms with E-state index in [1.807, 2.05) is 38.1 Å². The van der Waals surface area contributed by atoms with Crippen molar-refractivity contribution in [3.8, 4) is 0 Å². The molecule has 0 spiro atoms. The van der Waals surface area contributed by atoms with Gasteiger partial charge in [0.25, 0.3) is 5.91 Å². The summed E-state index contributed by atoms with van der Waals surface area (Å²) in [4.78, 5) is 25.3. The largest absolute Gasteiger partial charge is 0.459 e. The number of aryl methyl sites for hydroxylation is 2. The molecule has 0 unspecified atom stereocenters. The Morgan fingerprint density at radius 3 is 2.42 bits per heavy atom. The minimum absolute atomic E-state index is 0.152. The Morgan fingerprint density at radius 2 is 1.73 bits per heavy atom. The van der Waals surface area contributed by atoms with Crippen LogP contribution in [0.1, 0.15) is 32.0 Å². The Morgan fingerprint density at radius 1 is 0.962 bits per heavy atom. The molecule has 0 aliphatic rings. The number of anilines is 1. The van der Waals surface area contributed by atoms with Crippen molar-refractivity contribution in [3.63, 3.8) is 0 Å². The van der Waals surface area contributed by atoms with Crippen LogP contribution in [0.4, 0.5) is 5.69 Å². The van der Waals surface area contributed by atoms with Gasteiger partial charge in [0.1, 0.15) is 0 Å². The van der Waals surface area contributed by atoms with Crippen LogP contribution in [0.3, 0.4) is 0 Å². The van der Waals surface area contributed by atoms with Crippen LogP contribution in [0.25, 0.3) is 0 Å². The summed E-state index contributed by atoms with van der Waals surface area (Å²) < 4.78 is 5.12. The molecule has 0 saturated heterocycles. The zero-order chi connectivity index (χ0) is 18.5. The van der Waals surface area contributed by atoms with Crippen LogP contribution in [0.2, 0.25) is 0 Å². The molecule has 1 aromatic heterocycles. The second-order valence-corrected chi connectivity index (χ2v) is 6.08. The highest BCUT2D eigenvalue weighted by molar-refractivity contribution is 6.04. The lowest BCUT2D eigenvalue weighted by molar-refractivity contribution is 0.0852. The molecule has 1 heterocycles. The number of ketones is 1. The fraction of sp³-hybridized carbons (Fsp3) is 0.143. The summed E-state index contributed by atoms with van der Waals surface area (Å²) in [7, 11) is 0. The number of carbonyl (C=O) groups excluding carboxylic acids is 2. The van der Waals surface area contributed by atoms with E-state index in [1.165, 1.54) is 6.26 Å². The van der Waals surface area contributed by atoms with Crippen molar-refractivity contribution >= 4 is 17.4 Å². The number of amides is 1. The number of hydrogen-bond acceptors (Lipinski definition) is 4. The number of furan rings is 1. The number of carbonyl (C=O) groups is 2. The molecular weight excluding hydrogens is 328 g/mol. The smallest absolute Gasteiger partial charge is 0.288 e. The molecule has 1 amide bonds. The van der Waals surface area contributed by atoms with Crippen LogP contribution in [0, 0.1) is 13.8 Å². The maximum Gasteiger partial charge on any atom is 0.288 e. The van der Waals surface area contributed by atoms with Gasteiger partial charge in [0, 0.05) is 11.3 Å². The van der Waals surface area contributed by atoms with E-state index in [1.54, 1.807) is 36.4 Å². The van der Waals surface area contributed by atoms with Gasteiger partial charge < -0.3 is 15.1 Å². The molecule has 2 aromatic carbocycles. The van der Waals surface area contributed by atoms with E-state index in [-0.39, 0.29) is 11.5 Å². The van der Waals surface area contributed by atoms with Crippen molar-refractivity contribution < 1.29 is 14.0 Å². The van der Waals surface area contributed by atoms with E-state index in [0.717, 1.165) is 16.8 Å². The van der Waals surface area contributed by atoms with Crippen molar-refractivity contribution in [2.75, 3.05) is 5.32 Å². The van der Waals surface area contributed by atoms with Crippen molar-refractivity contribution in [1.82, 2.24) is 5.32 Å². The van der Waals surface area contributed by atoms with Gasteiger partial charge >= 0.3 is 0 Å². The van der Waals surface area contributed by atoms with Gasteiger partial charge in [0.15, 0.2) is 11.9 Å². The van der Waals surface area contributed by atoms with Gasteiger partial charge in [-0.05, 0) is 43.2 Å². The van der Waals surface area contributed by atoms with Crippen molar-refractivity contribution in [2.45, 2.75) is 20.0 Å². The van der Waals surface area contributed by atoms with Crippen LogP contribution in [-0.4, -0.2) is 17.9 Å². The molecule has 0 fully saturated rings. The van der Waals surface area contributed by atoms with Gasteiger partial charge in [0.2, 0.25) is 5.78 Å². The minimum atomic E-state index is -0.921. The first-order chi connectivity index (χ1) is 12.5. The lowest BCUT2D eigenvalue weighted by Gasteiger charge is -2.21. The van der Waals surface area contributed by atoms with E-state index >= 15 is 0 Å². The first kappa shape index (κ1) is 17.5. The zero-order valence-corrected chi connectivity index (χ0v) is 14.7. The van der Waals surface area contributed by atoms with Crippen molar-refractivity contribution in [3.05, 3.63) is 89.4 Å². The predicted octanol–water partition coefficient (Wildman–Crippen LogP) is 3.95. The second-order valence-electron chi connectivity index (χ2n) is 6.08. The Kier molecular flexibility index (Phi) is 5.17. The minimum Gasteiger partial charge on any atom is -0.459 e. The molecule has 0 radical (unpaired) electrons. The monoisotopic (exact) mass is 348 g/mol. The van der Waals surface area contributed by atoms with Crippen molar-refractivity contribution in [1.29, 1.82) is 0 Å². The summed E-state index contributed by atoms with van der Waals surface area (Å²) in [5.74, 6) is -0.535. The topological polar surface area (TPSA) is 71.3 Å². The van der Waals surface area contributed by atoms with Crippen LogP contribution >= 0.6 is 0 Å². The average Bonchev–Trinajstić information content (AvgIpc) is 3.19. The lowest BCUT2D eigenvalue weighted by atomic mass is 10.1. The molecule has 2 N–H and O–H groups in total. The first-order valence-electron chi connectivity index (χ1n) is 8.32. The summed E-state index contributed by atoms with van der Waals surface area (Å²) in [6.07, 6.45) is 0.497. The third kappa shape index (κ3) is 4.00. The highest BCUT2D eigenvalue weighted by Gasteiger charge is 2.24. The molecule has 26 heavy (non-hydrogen) atoms. The van der Waals surface area contributed by atoms with Gasteiger partial charge in [-0.25, -0.2) is 0 Å². The molecule has 5 heteroatoms. The highest BCUT2D eigenvalue weighted by atomic mass is 16.3. The zero-order valence-electron chi connectivity index (χ0n) is 14.7. The van der Waals surface area contributed by atoms with E-state index in [9.17, 15) is 9.59 Å². The van der Waals surface area contributed by atoms with Gasteiger partial charge in [-0.2, -0.15) is 0 Å². The van der Waals surface area contributed by atoms with Gasteiger partial charge in [-0.1, -0.05) is 42.5 Å². The molecule has 0 aliphatic heterocycles. The third-order valence-electron chi connectivity index (χ3n) is 4.03. The second kappa shape index (κ2) is 7.70. The standard InChI is InChI=1S/C21H20N2O3/c1-14-10-11-15(2)17(13-14)22-20(19(24)16-7-4-3-5-8-16)23-21(25)18-9-6-12-26-18/h3-13,20,22H,1-2H3,(H,23,25)/t20-/m0/s1. The first-order valence-corrected chi connectivity index (χ1v) is 8.32. The van der Waals surface area contributed by atoms with Crippen LogP contribution < -0.4 is 10.6 Å². The fourth-order valence-corrected chi connectivity index (χ4v) is 2.59. The number of nitrogens with one attached hydrogen (secondary N) is 2. The van der Waals surface area contributed by atoms with Gasteiger partial charge in [-0.3, -0.25) is 9.59 Å². The molecule has 0 bridgehead atoms. The van der Waals surface area contributed by atoms with Crippen LogP contribution in [0.5, 0.6) is 0 Å². The lowest BCUT2D eigenvalue weighted by Crippen LogP contribution is -2.46. The van der Waals surface area contributed by atoms with Gasteiger partial charge in [0.05, 0.1) is 6.26 Å². The molecule has 3 rings (SSSR count). The molecule has 1 atom stereocenters. The predicted molar refractivity (Wildman–Crippen MR) is 100 cm³/mol. The van der Waals surface area contributed by atoms with Gasteiger partial charge in [-0.15, -0.1) is 0 Å². The van der Waals surface area contributed by atoms with Crippen molar-refractivity contribution in [2.24, 2.45) is 0 Å². The Balaban J connectivity index is 1.89. The summed E-state index contributed by atoms with van der Waals surface area (Å²) >= 11 is 0. The molecule has 3 aromatic rings. The molecule has 0 saturated carbocycles. The Hall–Kier alpha value is -3.34. The molecule has 132 valence electrons. The quantitative estimate of drug-likeness (QED) is 0.523. The van der Waals surface area contributed by atoms with E-state index < -0.39 is 12.1 Å². The number of benzene rings is 2. The van der Waals surface area contributed by atoms with E-state index in [0.29, 0.717) is 5.56 Å². The summed E-state index contributed by atoms with van der Waals surface area (Å²) in [5.41, 5.74) is 3.34.